The molecule has 0 atom stereocenters. The zero-order chi connectivity index (χ0) is 29.8. The van der Waals surface area contributed by atoms with E-state index in [9.17, 15) is 22.8 Å². The highest BCUT2D eigenvalue weighted by Crippen LogP contribution is 2.41. The second-order valence-corrected chi connectivity index (χ2v) is 9.67. The van der Waals surface area contributed by atoms with Gasteiger partial charge < -0.3 is 0 Å². The number of halogens is 4. The lowest BCUT2D eigenvalue weighted by Gasteiger charge is -2.13. The van der Waals surface area contributed by atoms with E-state index in [2.05, 4.69) is 16.4 Å². The highest BCUT2D eigenvalue weighted by molar-refractivity contribution is 6.23. The van der Waals surface area contributed by atoms with Crippen molar-refractivity contribution in [2.24, 2.45) is 0 Å². The van der Waals surface area contributed by atoms with Gasteiger partial charge in [0.25, 0.3) is 0 Å². The second kappa shape index (κ2) is 9.75. The number of nitrogens with zero attached hydrogens (tertiary/aromatic N) is 5. The van der Waals surface area contributed by atoms with Gasteiger partial charge in [-0.2, -0.15) is 10.5 Å². The largest absolute Gasteiger partial charge is 0.247 e. The van der Waals surface area contributed by atoms with Crippen molar-refractivity contribution in [3.63, 3.8) is 0 Å². The van der Waals surface area contributed by atoms with Crippen LogP contribution < -0.4 is 0 Å². The van der Waals surface area contributed by atoms with E-state index >= 15 is 0 Å². The Morgan fingerprint density at radius 3 is 1.93 bits per heavy atom. The molecule has 0 aliphatic heterocycles. The van der Waals surface area contributed by atoms with Gasteiger partial charge in [0.05, 0.1) is 28.4 Å². The zero-order valence-corrected chi connectivity index (χ0v) is 21.7. The number of hydrogen-bond acceptors (Lipinski definition) is 6. The lowest BCUT2D eigenvalue weighted by atomic mass is 9.93. The Morgan fingerprint density at radius 1 is 0.628 bits per heavy atom. The van der Waals surface area contributed by atoms with Crippen molar-refractivity contribution in [3.8, 4) is 45.6 Å². The summed E-state index contributed by atoms with van der Waals surface area (Å²) in [6, 6.07) is 25.2. The standard InChI is InChI=1S/C33H13F4N5O/c34-27-23(15-39)28(35)30(37)25(29(27)36)18-9-11-19(12-10-18)31-22-13-21(17-7-5-16(14-38)6-8-17)32-33(42-43-41-32)26(22)20-3-1-2-4-24(20)40-31/h1-13H. The Bertz CT molecular complexity index is 2320. The molecule has 43 heavy (non-hydrogen) atoms. The summed E-state index contributed by atoms with van der Waals surface area (Å²) in [7, 11) is 0. The molecule has 0 aliphatic rings. The molecule has 7 rings (SSSR count). The fraction of sp³-hybridized carbons (Fsp3) is 0. The van der Waals surface area contributed by atoms with Crippen molar-refractivity contribution < 1.29 is 22.2 Å². The molecule has 0 saturated carbocycles. The van der Waals surface area contributed by atoms with Gasteiger partial charge in [0.15, 0.2) is 23.3 Å². The topological polar surface area (TPSA) is 99.4 Å². The maximum Gasteiger partial charge on any atom is 0.180 e. The minimum atomic E-state index is -1.76. The summed E-state index contributed by atoms with van der Waals surface area (Å²) in [6.07, 6.45) is 0. The first-order valence-corrected chi connectivity index (χ1v) is 12.8. The molecule has 10 heteroatoms. The third-order valence-corrected chi connectivity index (χ3v) is 7.35. The van der Waals surface area contributed by atoms with Gasteiger partial charge in [-0.3, -0.25) is 0 Å². The molecule has 0 saturated heterocycles. The van der Waals surface area contributed by atoms with E-state index in [1.165, 1.54) is 24.3 Å². The number of hydrogen-bond donors (Lipinski definition) is 0. The maximum atomic E-state index is 14.8. The van der Waals surface area contributed by atoms with Crippen molar-refractivity contribution in [2.45, 2.75) is 0 Å². The molecule has 0 amide bonds. The summed E-state index contributed by atoms with van der Waals surface area (Å²) in [5.74, 6) is -6.85. The molecule has 0 unspecified atom stereocenters. The van der Waals surface area contributed by atoms with Gasteiger partial charge >= 0.3 is 0 Å². The van der Waals surface area contributed by atoms with Crippen molar-refractivity contribution in [1.82, 2.24) is 15.3 Å². The fourth-order valence-electron chi connectivity index (χ4n) is 5.31. The number of pyridine rings is 1. The van der Waals surface area contributed by atoms with Crippen LogP contribution in [-0.4, -0.2) is 15.3 Å². The molecular formula is C33H13F4N5O. The molecule has 7 aromatic rings. The Labute approximate surface area is 239 Å². The third-order valence-electron chi connectivity index (χ3n) is 7.35. The first-order chi connectivity index (χ1) is 20.9. The summed E-state index contributed by atoms with van der Waals surface area (Å²) >= 11 is 0. The van der Waals surface area contributed by atoms with Crippen LogP contribution in [0.3, 0.4) is 0 Å². The van der Waals surface area contributed by atoms with Crippen LogP contribution in [0.25, 0.3) is 66.2 Å². The number of rotatable bonds is 3. The maximum absolute atomic E-state index is 14.8. The third kappa shape index (κ3) is 3.89. The molecule has 2 aromatic heterocycles. The SMILES string of the molecule is N#Cc1ccc(-c2cc3c(-c4ccc(-c5c(F)c(F)c(C#N)c(F)c5F)cc4)nc4ccccc4c3c3nonc23)cc1. The molecule has 6 nitrogen and oxygen atoms in total. The van der Waals surface area contributed by atoms with Crippen molar-refractivity contribution in [1.29, 1.82) is 10.5 Å². The average molecular weight is 571 g/mol. The first-order valence-electron chi connectivity index (χ1n) is 12.8. The van der Waals surface area contributed by atoms with Gasteiger partial charge in [-0.05, 0) is 45.7 Å². The molecular weight excluding hydrogens is 558 g/mol. The van der Waals surface area contributed by atoms with Crippen LogP contribution in [0.15, 0.2) is 83.5 Å². The lowest BCUT2D eigenvalue weighted by molar-refractivity contribution is 0.316. The summed E-state index contributed by atoms with van der Waals surface area (Å²) in [5, 5.41) is 28.7. The van der Waals surface area contributed by atoms with Gasteiger partial charge in [-0.1, -0.05) is 54.6 Å². The van der Waals surface area contributed by atoms with Crippen LogP contribution in [0.4, 0.5) is 17.6 Å². The van der Waals surface area contributed by atoms with E-state index in [0.717, 1.165) is 17.0 Å². The van der Waals surface area contributed by atoms with Gasteiger partial charge in [0.2, 0.25) is 0 Å². The van der Waals surface area contributed by atoms with E-state index in [-0.39, 0.29) is 5.56 Å². The van der Waals surface area contributed by atoms with Crippen molar-refractivity contribution in [3.05, 3.63) is 113 Å². The summed E-state index contributed by atoms with van der Waals surface area (Å²) in [5.41, 5.74) is 2.21. The van der Waals surface area contributed by atoms with E-state index in [0.29, 0.717) is 49.7 Å². The number of para-hydroxylation sites is 1. The zero-order valence-electron chi connectivity index (χ0n) is 21.7. The molecule has 2 heterocycles. The van der Waals surface area contributed by atoms with Crippen molar-refractivity contribution in [2.75, 3.05) is 0 Å². The predicted octanol–water partition coefficient (Wildman–Crippen LogP) is 8.22. The highest BCUT2D eigenvalue weighted by atomic mass is 19.2. The Kier molecular flexibility index (Phi) is 5.86. The molecule has 0 spiro atoms. The van der Waals surface area contributed by atoms with E-state index in [1.807, 2.05) is 30.3 Å². The molecule has 0 aliphatic carbocycles. The fourth-order valence-corrected chi connectivity index (χ4v) is 5.31. The van der Waals surface area contributed by atoms with Gasteiger partial charge in [0.1, 0.15) is 22.7 Å². The van der Waals surface area contributed by atoms with Crippen LogP contribution in [0.5, 0.6) is 0 Å². The molecule has 0 radical (unpaired) electrons. The van der Waals surface area contributed by atoms with Crippen LogP contribution in [0.2, 0.25) is 0 Å². The molecule has 0 bridgehead atoms. The van der Waals surface area contributed by atoms with Crippen LogP contribution in [0.1, 0.15) is 11.1 Å². The van der Waals surface area contributed by atoms with E-state index in [1.54, 1.807) is 24.3 Å². The number of nitriles is 2. The lowest BCUT2D eigenvalue weighted by Crippen LogP contribution is -2.03. The molecule has 204 valence electrons. The van der Waals surface area contributed by atoms with E-state index in [4.69, 9.17) is 14.9 Å². The Balaban J connectivity index is 1.48. The Morgan fingerprint density at radius 2 is 1.26 bits per heavy atom. The average Bonchev–Trinajstić information content (AvgIpc) is 3.54. The number of aromatic nitrogens is 3. The van der Waals surface area contributed by atoms with Crippen LogP contribution in [-0.2, 0) is 0 Å². The number of fused-ring (bicyclic) bond motifs is 5. The first kappa shape index (κ1) is 25.8. The molecule has 0 N–H and O–H groups in total. The summed E-state index contributed by atoms with van der Waals surface area (Å²) < 4.78 is 63.4. The van der Waals surface area contributed by atoms with E-state index < -0.39 is 34.4 Å². The second-order valence-electron chi connectivity index (χ2n) is 9.67. The molecule has 0 fully saturated rings. The summed E-state index contributed by atoms with van der Waals surface area (Å²) in [6.45, 7) is 0. The highest BCUT2D eigenvalue weighted by Gasteiger charge is 2.26. The number of benzene rings is 5. The summed E-state index contributed by atoms with van der Waals surface area (Å²) in [4.78, 5) is 4.89. The normalized spacial score (nSPS) is 11.2. The monoisotopic (exact) mass is 571 g/mol. The van der Waals surface area contributed by atoms with Crippen molar-refractivity contribution >= 4 is 32.7 Å². The predicted molar refractivity (Wildman–Crippen MR) is 150 cm³/mol. The van der Waals surface area contributed by atoms with Crippen LogP contribution >= 0.6 is 0 Å². The van der Waals surface area contributed by atoms with Gasteiger partial charge in [-0.15, -0.1) is 0 Å². The van der Waals surface area contributed by atoms with Crippen LogP contribution in [0, 0.1) is 45.9 Å². The quantitative estimate of drug-likeness (QED) is 0.120. The Hall–Kier alpha value is -6.13. The minimum absolute atomic E-state index is 0.132. The molecule has 5 aromatic carbocycles. The smallest absolute Gasteiger partial charge is 0.180 e. The van der Waals surface area contributed by atoms with Gasteiger partial charge in [0, 0.05) is 27.3 Å². The minimum Gasteiger partial charge on any atom is -0.247 e. The van der Waals surface area contributed by atoms with Gasteiger partial charge in [-0.25, -0.2) is 27.2 Å².